The fourth-order valence-corrected chi connectivity index (χ4v) is 3.72. The Kier molecular flexibility index (Phi) is 5.39. The number of benzene rings is 2. The van der Waals surface area contributed by atoms with Crippen LogP contribution in [-0.4, -0.2) is 29.1 Å². The molecule has 0 saturated carbocycles. The molecule has 4 rings (SSSR count). The highest BCUT2D eigenvalue weighted by Gasteiger charge is 2.16. The highest BCUT2D eigenvalue weighted by Crippen LogP contribution is 2.30. The van der Waals surface area contributed by atoms with Gasteiger partial charge in [-0.15, -0.1) is 0 Å². The van der Waals surface area contributed by atoms with E-state index in [1.54, 1.807) is 25.4 Å². The van der Waals surface area contributed by atoms with Gasteiger partial charge in [0.1, 0.15) is 18.0 Å². The van der Waals surface area contributed by atoms with Gasteiger partial charge in [-0.3, -0.25) is 0 Å². The fraction of sp³-hybridized carbons (Fsp3) is 0.364. The Morgan fingerprint density at radius 1 is 1.14 bits per heavy atom. The normalized spacial score (nSPS) is 15.0. The maximum atomic E-state index is 13.6. The molecule has 146 valence electrons. The SMILES string of the molecule is CCc1cc2ncnc(Nc3ccc(F)c(C)c3)c2cc1NC1CCNCC1. The number of aromatic nitrogens is 2. The monoisotopic (exact) mass is 379 g/mol. The molecule has 0 spiro atoms. The van der Waals surface area contributed by atoms with E-state index in [0.29, 0.717) is 11.6 Å². The molecule has 3 aromatic rings. The lowest BCUT2D eigenvalue weighted by Crippen LogP contribution is -2.35. The second-order valence-corrected chi connectivity index (χ2v) is 7.36. The molecule has 0 atom stereocenters. The topological polar surface area (TPSA) is 61.9 Å². The molecular formula is C22H26FN5. The van der Waals surface area contributed by atoms with Crippen LogP contribution in [0.3, 0.4) is 0 Å². The molecule has 1 aliphatic rings. The molecule has 1 aromatic heterocycles. The van der Waals surface area contributed by atoms with Crippen LogP contribution < -0.4 is 16.0 Å². The van der Waals surface area contributed by atoms with Gasteiger partial charge in [0.25, 0.3) is 0 Å². The van der Waals surface area contributed by atoms with E-state index in [-0.39, 0.29) is 5.82 Å². The zero-order chi connectivity index (χ0) is 19.5. The molecule has 0 unspecified atom stereocenters. The van der Waals surface area contributed by atoms with Gasteiger partial charge in [0.15, 0.2) is 0 Å². The van der Waals surface area contributed by atoms with E-state index in [2.05, 4.69) is 45.0 Å². The average molecular weight is 379 g/mol. The maximum Gasteiger partial charge on any atom is 0.141 e. The van der Waals surface area contributed by atoms with Gasteiger partial charge in [-0.1, -0.05) is 6.92 Å². The third-order valence-electron chi connectivity index (χ3n) is 5.36. The molecule has 28 heavy (non-hydrogen) atoms. The minimum Gasteiger partial charge on any atom is -0.382 e. The highest BCUT2D eigenvalue weighted by molar-refractivity contribution is 5.94. The molecule has 1 saturated heterocycles. The minimum absolute atomic E-state index is 0.209. The predicted octanol–water partition coefficient (Wildman–Crippen LogP) is 4.55. The smallest absolute Gasteiger partial charge is 0.141 e. The number of rotatable bonds is 5. The summed E-state index contributed by atoms with van der Waals surface area (Å²) in [6.45, 7) is 6.02. The van der Waals surface area contributed by atoms with Crippen LogP contribution in [0.2, 0.25) is 0 Å². The van der Waals surface area contributed by atoms with Crippen LogP contribution in [0.5, 0.6) is 0 Å². The lowest BCUT2D eigenvalue weighted by Gasteiger charge is -2.26. The van der Waals surface area contributed by atoms with Crippen molar-refractivity contribution in [1.29, 1.82) is 0 Å². The fourth-order valence-electron chi connectivity index (χ4n) is 3.72. The highest BCUT2D eigenvalue weighted by atomic mass is 19.1. The van der Waals surface area contributed by atoms with Crippen molar-refractivity contribution in [3.8, 4) is 0 Å². The number of hydrogen-bond acceptors (Lipinski definition) is 5. The van der Waals surface area contributed by atoms with Crippen LogP contribution in [0.25, 0.3) is 10.9 Å². The van der Waals surface area contributed by atoms with E-state index >= 15 is 0 Å². The summed E-state index contributed by atoms with van der Waals surface area (Å²) in [6.07, 6.45) is 4.74. The van der Waals surface area contributed by atoms with Crippen LogP contribution in [0, 0.1) is 12.7 Å². The van der Waals surface area contributed by atoms with Gasteiger partial charge in [0.05, 0.1) is 5.52 Å². The van der Waals surface area contributed by atoms with Crippen LogP contribution in [0.1, 0.15) is 30.9 Å². The molecule has 0 amide bonds. The first-order valence-electron chi connectivity index (χ1n) is 9.92. The minimum atomic E-state index is -0.209. The van der Waals surface area contributed by atoms with Gasteiger partial charge < -0.3 is 16.0 Å². The first-order chi connectivity index (χ1) is 13.6. The van der Waals surface area contributed by atoms with Crippen molar-refractivity contribution in [2.45, 2.75) is 39.2 Å². The molecular weight excluding hydrogens is 353 g/mol. The van der Waals surface area contributed by atoms with E-state index in [1.165, 1.54) is 11.6 Å². The standard InChI is InChI=1S/C22H26FN5/c1-3-15-11-21-18(12-20(15)27-16-6-8-24-9-7-16)22(26-13-25-21)28-17-4-5-19(23)14(2)10-17/h4-5,10-13,16,24,27H,3,6-9H2,1-2H3,(H,25,26,28). The second-order valence-electron chi connectivity index (χ2n) is 7.36. The van der Waals surface area contributed by atoms with Crippen LogP contribution in [0.15, 0.2) is 36.7 Å². The Labute approximate surface area is 164 Å². The molecule has 0 radical (unpaired) electrons. The maximum absolute atomic E-state index is 13.6. The van der Waals surface area contributed by atoms with Crippen molar-refractivity contribution in [2.24, 2.45) is 0 Å². The number of nitrogens with zero attached hydrogens (tertiary/aromatic N) is 2. The summed E-state index contributed by atoms with van der Waals surface area (Å²) >= 11 is 0. The number of fused-ring (bicyclic) bond motifs is 1. The number of hydrogen-bond donors (Lipinski definition) is 3. The van der Waals surface area contributed by atoms with Crippen molar-refractivity contribution in [3.63, 3.8) is 0 Å². The Bertz CT molecular complexity index is 982. The first-order valence-corrected chi connectivity index (χ1v) is 9.92. The Morgan fingerprint density at radius 3 is 2.71 bits per heavy atom. The molecule has 0 aliphatic carbocycles. The predicted molar refractivity (Wildman–Crippen MR) is 113 cm³/mol. The van der Waals surface area contributed by atoms with Gasteiger partial charge in [0.2, 0.25) is 0 Å². The summed E-state index contributed by atoms with van der Waals surface area (Å²) in [4.78, 5) is 8.91. The number of anilines is 3. The van der Waals surface area contributed by atoms with Gasteiger partial charge in [-0.2, -0.15) is 0 Å². The molecule has 2 heterocycles. The Morgan fingerprint density at radius 2 is 1.96 bits per heavy atom. The van der Waals surface area contributed by atoms with Crippen molar-refractivity contribution in [2.75, 3.05) is 23.7 Å². The van der Waals surface area contributed by atoms with Crippen molar-refractivity contribution in [3.05, 3.63) is 53.6 Å². The van der Waals surface area contributed by atoms with Crippen molar-refractivity contribution < 1.29 is 4.39 Å². The number of aryl methyl sites for hydroxylation is 2. The van der Waals surface area contributed by atoms with Gasteiger partial charge in [-0.05, 0) is 80.7 Å². The van der Waals surface area contributed by atoms with Gasteiger partial charge >= 0.3 is 0 Å². The Balaban J connectivity index is 1.70. The second kappa shape index (κ2) is 8.10. The molecule has 2 aromatic carbocycles. The van der Waals surface area contributed by atoms with Gasteiger partial charge in [-0.25, -0.2) is 14.4 Å². The summed E-state index contributed by atoms with van der Waals surface area (Å²) in [5.41, 5.74) is 4.73. The van der Waals surface area contributed by atoms with E-state index < -0.39 is 0 Å². The summed E-state index contributed by atoms with van der Waals surface area (Å²) in [5, 5.41) is 11.4. The largest absolute Gasteiger partial charge is 0.382 e. The van der Waals surface area contributed by atoms with Crippen molar-refractivity contribution >= 4 is 28.1 Å². The van der Waals surface area contributed by atoms with Crippen LogP contribution in [-0.2, 0) is 6.42 Å². The van der Waals surface area contributed by atoms with Crippen molar-refractivity contribution in [1.82, 2.24) is 15.3 Å². The van der Waals surface area contributed by atoms with Crippen LogP contribution >= 0.6 is 0 Å². The Hall–Kier alpha value is -2.73. The number of nitrogens with one attached hydrogen (secondary N) is 3. The van der Waals surface area contributed by atoms with E-state index in [0.717, 1.165) is 60.4 Å². The van der Waals surface area contributed by atoms with E-state index in [1.807, 2.05) is 0 Å². The van der Waals surface area contributed by atoms with E-state index in [4.69, 9.17) is 0 Å². The molecule has 5 nitrogen and oxygen atoms in total. The summed E-state index contributed by atoms with van der Waals surface area (Å²) in [7, 11) is 0. The quantitative estimate of drug-likeness (QED) is 0.607. The third-order valence-corrected chi connectivity index (χ3v) is 5.36. The first kappa shape index (κ1) is 18.6. The summed E-state index contributed by atoms with van der Waals surface area (Å²) < 4.78 is 13.6. The third kappa shape index (κ3) is 3.92. The van der Waals surface area contributed by atoms with E-state index in [9.17, 15) is 4.39 Å². The summed E-state index contributed by atoms with van der Waals surface area (Å²) in [5.74, 6) is 0.520. The molecule has 0 bridgehead atoms. The molecule has 3 N–H and O–H groups in total. The zero-order valence-corrected chi connectivity index (χ0v) is 16.3. The van der Waals surface area contributed by atoms with Gasteiger partial charge in [0, 0.05) is 22.8 Å². The molecule has 1 aliphatic heterocycles. The average Bonchev–Trinajstić information content (AvgIpc) is 2.71. The van der Waals surface area contributed by atoms with Crippen LogP contribution in [0.4, 0.5) is 21.6 Å². The lowest BCUT2D eigenvalue weighted by molar-refractivity contribution is 0.479. The summed E-state index contributed by atoms with van der Waals surface area (Å²) in [6, 6.07) is 9.75. The zero-order valence-electron chi connectivity index (χ0n) is 16.3. The number of piperidine rings is 1. The molecule has 1 fully saturated rings. The molecule has 6 heteroatoms. The number of halogens is 1. The lowest BCUT2D eigenvalue weighted by atomic mass is 10.0.